The Morgan fingerprint density at radius 3 is 2.73 bits per heavy atom. The number of hydrogen-bond acceptors (Lipinski definition) is 4. The fourth-order valence-electron chi connectivity index (χ4n) is 1.97. The van der Waals surface area contributed by atoms with Gasteiger partial charge in [-0.2, -0.15) is 4.98 Å². The van der Waals surface area contributed by atoms with Crippen LogP contribution in [0.4, 0.5) is 6.01 Å². The van der Waals surface area contributed by atoms with Gasteiger partial charge in [-0.3, -0.25) is 0 Å². The van der Waals surface area contributed by atoms with Gasteiger partial charge in [-0.15, -0.1) is 0 Å². The second kappa shape index (κ2) is 5.16. The number of nitrogens with one attached hydrogen (secondary N) is 1. The molecule has 1 aromatic heterocycles. The van der Waals surface area contributed by atoms with Gasteiger partial charge >= 0.3 is 0 Å². The Labute approximate surface area is 90.7 Å². The summed E-state index contributed by atoms with van der Waals surface area (Å²) < 4.78 is 5.49. The minimum Gasteiger partial charge on any atom is -0.432 e. The standard InChI is InChI=1S/C11H19N3O/c1-12-8-10-9-15-11(13-10)14-6-4-2-3-5-7-14/h9,12H,2-8H2,1H3. The summed E-state index contributed by atoms with van der Waals surface area (Å²) in [6.45, 7) is 2.94. The van der Waals surface area contributed by atoms with Crippen LogP contribution in [0.1, 0.15) is 31.4 Å². The molecule has 1 fully saturated rings. The van der Waals surface area contributed by atoms with E-state index >= 15 is 0 Å². The predicted octanol–water partition coefficient (Wildman–Crippen LogP) is 1.77. The molecule has 0 aromatic carbocycles. The summed E-state index contributed by atoms with van der Waals surface area (Å²) >= 11 is 0. The van der Waals surface area contributed by atoms with E-state index in [0.717, 1.165) is 31.3 Å². The van der Waals surface area contributed by atoms with Gasteiger partial charge in [-0.05, 0) is 19.9 Å². The molecule has 1 saturated heterocycles. The van der Waals surface area contributed by atoms with Gasteiger partial charge in [0.2, 0.25) is 0 Å². The molecule has 4 heteroatoms. The van der Waals surface area contributed by atoms with Gasteiger partial charge in [0.15, 0.2) is 0 Å². The summed E-state index contributed by atoms with van der Waals surface area (Å²) in [5.74, 6) is 0. The fourth-order valence-corrected chi connectivity index (χ4v) is 1.97. The van der Waals surface area contributed by atoms with Crippen molar-refractivity contribution in [3.8, 4) is 0 Å². The summed E-state index contributed by atoms with van der Waals surface area (Å²) in [5, 5.41) is 3.07. The maximum Gasteiger partial charge on any atom is 0.297 e. The molecule has 2 heterocycles. The zero-order valence-corrected chi connectivity index (χ0v) is 9.33. The fraction of sp³-hybridized carbons (Fsp3) is 0.727. The lowest BCUT2D eigenvalue weighted by atomic mass is 10.2. The van der Waals surface area contributed by atoms with E-state index in [9.17, 15) is 0 Å². The maximum atomic E-state index is 5.49. The Bertz CT molecular complexity index is 290. The highest BCUT2D eigenvalue weighted by Crippen LogP contribution is 2.18. The summed E-state index contributed by atoms with van der Waals surface area (Å²) in [7, 11) is 1.92. The van der Waals surface area contributed by atoms with Crippen molar-refractivity contribution in [3.63, 3.8) is 0 Å². The van der Waals surface area contributed by atoms with Gasteiger partial charge in [0, 0.05) is 19.6 Å². The third-order valence-electron chi connectivity index (χ3n) is 2.77. The largest absolute Gasteiger partial charge is 0.432 e. The van der Waals surface area contributed by atoms with Crippen LogP contribution in [-0.4, -0.2) is 25.1 Å². The van der Waals surface area contributed by atoms with Gasteiger partial charge in [0.1, 0.15) is 6.26 Å². The Morgan fingerprint density at radius 2 is 2.07 bits per heavy atom. The molecule has 0 bridgehead atoms. The van der Waals surface area contributed by atoms with Crippen LogP contribution >= 0.6 is 0 Å². The molecule has 0 radical (unpaired) electrons. The number of aromatic nitrogens is 1. The highest BCUT2D eigenvalue weighted by Gasteiger charge is 2.14. The van der Waals surface area contributed by atoms with E-state index in [1.165, 1.54) is 25.7 Å². The average Bonchev–Trinajstić information content (AvgIpc) is 2.53. The van der Waals surface area contributed by atoms with E-state index in [1.54, 1.807) is 6.26 Å². The summed E-state index contributed by atoms with van der Waals surface area (Å²) in [6.07, 6.45) is 6.92. The molecule has 1 N–H and O–H groups in total. The van der Waals surface area contributed by atoms with E-state index in [2.05, 4.69) is 15.2 Å². The number of anilines is 1. The van der Waals surface area contributed by atoms with Gasteiger partial charge in [0.05, 0.1) is 5.69 Å². The minimum absolute atomic E-state index is 0.775. The average molecular weight is 209 g/mol. The first kappa shape index (κ1) is 10.5. The lowest BCUT2D eigenvalue weighted by molar-refractivity contribution is 0.533. The van der Waals surface area contributed by atoms with Crippen LogP contribution in [0.5, 0.6) is 0 Å². The van der Waals surface area contributed by atoms with Gasteiger partial charge in [0.25, 0.3) is 6.01 Å². The Morgan fingerprint density at radius 1 is 1.33 bits per heavy atom. The molecule has 0 saturated carbocycles. The second-order valence-corrected chi connectivity index (χ2v) is 4.05. The molecule has 84 valence electrons. The van der Waals surface area contributed by atoms with Crippen molar-refractivity contribution in [2.75, 3.05) is 25.0 Å². The Kier molecular flexibility index (Phi) is 3.61. The normalized spacial score (nSPS) is 17.8. The van der Waals surface area contributed by atoms with Crippen LogP contribution < -0.4 is 10.2 Å². The Hall–Kier alpha value is -1.03. The minimum atomic E-state index is 0.775. The lowest BCUT2D eigenvalue weighted by Crippen LogP contribution is -2.24. The quantitative estimate of drug-likeness (QED) is 0.823. The topological polar surface area (TPSA) is 41.3 Å². The highest BCUT2D eigenvalue weighted by atomic mass is 16.4. The van der Waals surface area contributed by atoms with Gasteiger partial charge in [-0.1, -0.05) is 12.8 Å². The van der Waals surface area contributed by atoms with Crippen LogP contribution in [0.15, 0.2) is 10.7 Å². The Balaban J connectivity index is 2.00. The molecule has 15 heavy (non-hydrogen) atoms. The maximum absolute atomic E-state index is 5.49. The first-order valence-electron chi connectivity index (χ1n) is 5.74. The smallest absolute Gasteiger partial charge is 0.297 e. The lowest BCUT2D eigenvalue weighted by Gasteiger charge is -2.16. The molecular weight excluding hydrogens is 190 g/mol. The van der Waals surface area contributed by atoms with Crippen molar-refractivity contribution >= 4 is 6.01 Å². The van der Waals surface area contributed by atoms with E-state index in [-0.39, 0.29) is 0 Å². The van der Waals surface area contributed by atoms with Crippen LogP contribution in [-0.2, 0) is 6.54 Å². The molecule has 2 rings (SSSR count). The van der Waals surface area contributed by atoms with Crippen molar-refractivity contribution < 1.29 is 4.42 Å². The third-order valence-corrected chi connectivity index (χ3v) is 2.77. The summed E-state index contributed by atoms with van der Waals surface area (Å²) in [5.41, 5.74) is 0.983. The molecule has 0 amide bonds. The van der Waals surface area contributed by atoms with Crippen LogP contribution in [0.2, 0.25) is 0 Å². The SMILES string of the molecule is CNCc1coc(N2CCCCCC2)n1. The molecule has 1 aromatic rings. The van der Waals surface area contributed by atoms with Crippen molar-refractivity contribution in [2.24, 2.45) is 0 Å². The predicted molar refractivity (Wildman–Crippen MR) is 59.9 cm³/mol. The van der Waals surface area contributed by atoms with E-state index < -0.39 is 0 Å². The first-order chi connectivity index (χ1) is 7.40. The highest BCUT2D eigenvalue weighted by molar-refractivity contribution is 5.26. The number of hydrogen-bond donors (Lipinski definition) is 1. The molecule has 0 unspecified atom stereocenters. The molecule has 1 aliphatic rings. The van der Waals surface area contributed by atoms with Crippen molar-refractivity contribution in [1.82, 2.24) is 10.3 Å². The zero-order valence-electron chi connectivity index (χ0n) is 9.33. The van der Waals surface area contributed by atoms with Crippen molar-refractivity contribution in [2.45, 2.75) is 32.2 Å². The van der Waals surface area contributed by atoms with E-state index in [1.807, 2.05) is 7.05 Å². The monoisotopic (exact) mass is 209 g/mol. The van der Waals surface area contributed by atoms with E-state index in [0.29, 0.717) is 0 Å². The van der Waals surface area contributed by atoms with Gasteiger partial charge < -0.3 is 14.6 Å². The van der Waals surface area contributed by atoms with Crippen molar-refractivity contribution in [1.29, 1.82) is 0 Å². The van der Waals surface area contributed by atoms with Crippen LogP contribution in [0, 0.1) is 0 Å². The van der Waals surface area contributed by atoms with Crippen molar-refractivity contribution in [3.05, 3.63) is 12.0 Å². The molecule has 0 spiro atoms. The second-order valence-electron chi connectivity index (χ2n) is 4.05. The van der Waals surface area contributed by atoms with E-state index in [4.69, 9.17) is 4.42 Å². The number of rotatable bonds is 3. The van der Waals surface area contributed by atoms with Crippen LogP contribution in [0.25, 0.3) is 0 Å². The number of oxazole rings is 1. The zero-order chi connectivity index (χ0) is 10.5. The summed E-state index contributed by atoms with van der Waals surface area (Å²) in [6, 6.07) is 0.794. The molecule has 0 atom stereocenters. The number of nitrogens with zero attached hydrogens (tertiary/aromatic N) is 2. The third kappa shape index (κ3) is 2.72. The summed E-state index contributed by atoms with van der Waals surface area (Å²) in [4.78, 5) is 6.72. The molecule has 0 aliphatic carbocycles. The molecular formula is C11H19N3O. The molecule has 1 aliphatic heterocycles. The van der Waals surface area contributed by atoms with Crippen LogP contribution in [0.3, 0.4) is 0 Å². The van der Waals surface area contributed by atoms with Gasteiger partial charge in [-0.25, -0.2) is 0 Å². The first-order valence-corrected chi connectivity index (χ1v) is 5.74. The molecule has 4 nitrogen and oxygen atoms in total.